The molecule has 0 amide bonds. The Kier molecular flexibility index (Phi) is 3.76. The molecule has 1 aliphatic carbocycles. The van der Waals surface area contributed by atoms with Crippen LogP contribution in [0.5, 0.6) is 0 Å². The Morgan fingerprint density at radius 3 is 2.50 bits per heavy atom. The van der Waals surface area contributed by atoms with Crippen LogP contribution in [0.25, 0.3) is 0 Å². The summed E-state index contributed by atoms with van der Waals surface area (Å²) in [6.45, 7) is 0. The fraction of sp³-hybridized carbons (Fsp3) is 0.562. The van der Waals surface area contributed by atoms with E-state index in [9.17, 15) is 4.79 Å². The van der Waals surface area contributed by atoms with E-state index >= 15 is 0 Å². The summed E-state index contributed by atoms with van der Waals surface area (Å²) >= 11 is 0. The standard InChI is InChI=1S/C16H20O4/c1-18-15(17)14-13(12-8-4-2-5-9-12)19-16(20-14)10-6-3-7-11-16/h2,4-5,8-9,13-14H,3,6-7,10-11H2,1H3. The summed E-state index contributed by atoms with van der Waals surface area (Å²) in [7, 11) is 1.39. The van der Waals surface area contributed by atoms with Crippen LogP contribution in [0.2, 0.25) is 0 Å². The number of carbonyl (C=O) groups is 1. The molecule has 2 aliphatic rings. The van der Waals surface area contributed by atoms with Crippen LogP contribution in [0, 0.1) is 0 Å². The van der Waals surface area contributed by atoms with Gasteiger partial charge in [0.1, 0.15) is 6.10 Å². The highest BCUT2D eigenvalue weighted by Gasteiger charge is 2.51. The van der Waals surface area contributed by atoms with Crippen molar-refractivity contribution in [1.29, 1.82) is 0 Å². The molecule has 0 radical (unpaired) electrons. The molecule has 1 heterocycles. The first-order valence-corrected chi connectivity index (χ1v) is 7.22. The maximum atomic E-state index is 12.0. The molecular weight excluding hydrogens is 256 g/mol. The van der Waals surface area contributed by atoms with Gasteiger partial charge in [-0.25, -0.2) is 4.79 Å². The zero-order valence-corrected chi connectivity index (χ0v) is 11.7. The quantitative estimate of drug-likeness (QED) is 0.779. The van der Waals surface area contributed by atoms with Gasteiger partial charge in [0.2, 0.25) is 0 Å². The van der Waals surface area contributed by atoms with Crippen molar-refractivity contribution in [1.82, 2.24) is 0 Å². The van der Waals surface area contributed by atoms with Gasteiger partial charge < -0.3 is 14.2 Å². The highest BCUT2D eigenvalue weighted by Crippen LogP contribution is 2.46. The Balaban J connectivity index is 1.88. The monoisotopic (exact) mass is 276 g/mol. The Hall–Kier alpha value is -1.39. The van der Waals surface area contributed by atoms with E-state index in [0.29, 0.717) is 0 Å². The molecule has 0 aromatic heterocycles. The number of ether oxygens (including phenoxy) is 3. The molecule has 0 bridgehead atoms. The van der Waals surface area contributed by atoms with Crippen LogP contribution in [0.1, 0.15) is 43.8 Å². The highest BCUT2D eigenvalue weighted by atomic mass is 16.8. The molecule has 2 fully saturated rings. The lowest BCUT2D eigenvalue weighted by atomic mass is 9.94. The summed E-state index contributed by atoms with van der Waals surface area (Å²) in [5.41, 5.74) is 0.963. The van der Waals surface area contributed by atoms with Crippen LogP contribution in [0.4, 0.5) is 0 Å². The maximum absolute atomic E-state index is 12.0. The Morgan fingerprint density at radius 1 is 1.15 bits per heavy atom. The number of benzene rings is 1. The molecule has 4 nitrogen and oxygen atoms in total. The first kappa shape index (κ1) is 13.6. The molecule has 1 spiro atoms. The average Bonchev–Trinajstić information content (AvgIpc) is 2.87. The van der Waals surface area contributed by atoms with Gasteiger partial charge in [0, 0.05) is 12.8 Å². The molecule has 108 valence electrons. The van der Waals surface area contributed by atoms with E-state index in [-0.39, 0.29) is 12.1 Å². The minimum absolute atomic E-state index is 0.360. The van der Waals surface area contributed by atoms with Crippen molar-refractivity contribution in [3.63, 3.8) is 0 Å². The normalized spacial score (nSPS) is 28.4. The van der Waals surface area contributed by atoms with Gasteiger partial charge in [-0.2, -0.15) is 0 Å². The molecule has 2 atom stereocenters. The third-order valence-corrected chi connectivity index (χ3v) is 4.14. The number of carbonyl (C=O) groups excluding carboxylic acids is 1. The highest BCUT2D eigenvalue weighted by molar-refractivity contribution is 5.76. The predicted octanol–water partition coefficient (Wildman–Crippen LogP) is 2.98. The molecule has 1 saturated carbocycles. The van der Waals surface area contributed by atoms with Gasteiger partial charge in [0.25, 0.3) is 0 Å². The van der Waals surface area contributed by atoms with E-state index in [1.165, 1.54) is 13.5 Å². The zero-order chi connectivity index (χ0) is 14.0. The molecule has 20 heavy (non-hydrogen) atoms. The molecule has 1 saturated heterocycles. The zero-order valence-electron chi connectivity index (χ0n) is 11.7. The number of hydrogen-bond donors (Lipinski definition) is 0. The SMILES string of the molecule is COC(=O)C1OC2(CCCCC2)OC1c1ccccc1. The van der Waals surface area contributed by atoms with E-state index in [1.54, 1.807) is 0 Å². The van der Waals surface area contributed by atoms with Crippen molar-refractivity contribution in [2.75, 3.05) is 7.11 Å². The summed E-state index contributed by atoms with van der Waals surface area (Å²) in [5, 5.41) is 0. The van der Waals surface area contributed by atoms with Crippen molar-refractivity contribution in [3.05, 3.63) is 35.9 Å². The summed E-state index contributed by atoms with van der Waals surface area (Å²) in [4.78, 5) is 12.0. The van der Waals surface area contributed by atoms with Gasteiger partial charge in [-0.05, 0) is 18.4 Å². The minimum atomic E-state index is -0.666. The topological polar surface area (TPSA) is 44.8 Å². The second kappa shape index (κ2) is 5.54. The summed E-state index contributed by atoms with van der Waals surface area (Å²) in [6.07, 6.45) is 4.02. The average molecular weight is 276 g/mol. The van der Waals surface area contributed by atoms with Crippen LogP contribution < -0.4 is 0 Å². The first-order chi connectivity index (χ1) is 9.74. The molecule has 3 rings (SSSR count). The van der Waals surface area contributed by atoms with Gasteiger partial charge >= 0.3 is 5.97 Å². The maximum Gasteiger partial charge on any atom is 0.338 e. The summed E-state index contributed by atoms with van der Waals surface area (Å²) in [6, 6.07) is 9.76. The van der Waals surface area contributed by atoms with Gasteiger partial charge in [0.15, 0.2) is 11.9 Å². The molecule has 2 unspecified atom stereocenters. The molecular formula is C16H20O4. The van der Waals surface area contributed by atoms with Crippen LogP contribution in [-0.4, -0.2) is 25.0 Å². The third kappa shape index (κ3) is 2.45. The number of rotatable bonds is 2. The molecule has 1 aromatic carbocycles. The predicted molar refractivity (Wildman–Crippen MR) is 73.0 cm³/mol. The summed E-state index contributed by atoms with van der Waals surface area (Å²) in [5.74, 6) is -0.959. The van der Waals surface area contributed by atoms with Gasteiger partial charge in [-0.3, -0.25) is 0 Å². The van der Waals surface area contributed by atoms with E-state index in [1.807, 2.05) is 30.3 Å². The van der Waals surface area contributed by atoms with Gasteiger partial charge in [-0.1, -0.05) is 36.8 Å². The lowest BCUT2D eigenvalue weighted by Crippen LogP contribution is -2.35. The van der Waals surface area contributed by atoms with Crippen molar-refractivity contribution in [3.8, 4) is 0 Å². The third-order valence-electron chi connectivity index (χ3n) is 4.14. The van der Waals surface area contributed by atoms with Gasteiger partial charge in [-0.15, -0.1) is 0 Å². The molecule has 1 aromatic rings. The Morgan fingerprint density at radius 2 is 1.85 bits per heavy atom. The second-order valence-corrected chi connectivity index (χ2v) is 5.48. The van der Waals surface area contributed by atoms with E-state index in [2.05, 4.69) is 0 Å². The number of methoxy groups -OCH3 is 1. The lowest BCUT2D eigenvalue weighted by Gasteiger charge is -2.31. The lowest BCUT2D eigenvalue weighted by molar-refractivity contribution is -0.199. The van der Waals surface area contributed by atoms with Crippen LogP contribution in [0.15, 0.2) is 30.3 Å². The van der Waals surface area contributed by atoms with Crippen LogP contribution in [-0.2, 0) is 19.0 Å². The van der Waals surface area contributed by atoms with E-state index in [0.717, 1.165) is 31.2 Å². The second-order valence-electron chi connectivity index (χ2n) is 5.48. The van der Waals surface area contributed by atoms with E-state index in [4.69, 9.17) is 14.2 Å². The first-order valence-electron chi connectivity index (χ1n) is 7.22. The van der Waals surface area contributed by atoms with Crippen molar-refractivity contribution < 1.29 is 19.0 Å². The molecule has 4 heteroatoms. The smallest absolute Gasteiger partial charge is 0.338 e. The fourth-order valence-electron chi connectivity index (χ4n) is 3.11. The van der Waals surface area contributed by atoms with Gasteiger partial charge in [0.05, 0.1) is 7.11 Å². The van der Waals surface area contributed by atoms with Crippen LogP contribution >= 0.6 is 0 Å². The Bertz CT molecular complexity index is 465. The number of hydrogen-bond acceptors (Lipinski definition) is 4. The molecule has 1 aliphatic heterocycles. The largest absolute Gasteiger partial charge is 0.467 e. The number of esters is 1. The fourth-order valence-corrected chi connectivity index (χ4v) is 3.11. The van der Waals surface area contributed by atoms with Crippen molar-refractivity contribution in [2.24, 2.45) is 0 Å². The van der Waals surface area contributed by atoms with Crippen molar-refractivity contribution in [2.45, 2.75) is 50.1 Å². The Labute approximate surface area is 119 Å². The minimum Gasteiger partial charge on any atom is -0.467 e. The van der Waals surface area contributed by atoms with E-state index < -0.39 is 11.9 Å². The van der Waals surface area contributed by atoms with Crippen molar-refractivity contribution >= 4 is 5.97 Å². The van der Waals surface area contributed by atoms with Crippen LogP contribution in [0.3, 0.4) is 0 Å². The molecule has 0 N–H and O–H groups in total. The summed E-state index contributed by atoms with van der Waals surface area (Å²) < 4.78 is 17.1.